The number of anilines is 1. The van der Waals surface area contributed by atoms with Crippen molar-refractivity contribution in [1.82, 2.24) is 10.0 Å². The number of nitrogens with one attached hydrogen (secondary N) is 3. The van der Waals surface area contributed by atoms with Crippen molar-refractivity contribution >= 4 is 50.1 Å². The number of benzene rings is 2. The molecule has 10 nitrogen and oxygen atoms in total. The van der Waals surface area contributed by atoms with Crippen LogP contribution in [-0.4, -0.2) is 48.9 Å². The van der Waals surface area contributed by atoms with Crippen LogP contribution in [0.5, 0.6) is 5.75 Å². The summed E-state index contributed by atoms with van der Waals surface area (Å²) in [5.74, 6) is 0.700. The zero-order valence-corrected chi connectivity index (χ0v) is 22.8. The number of hydrogen-bond acceptors (Lipinski definition) is 8. The number of ether oxygens (including phenoxy) is 1. The highest BCUT2D eigenvalue weighted by Crippen LogP contribution is 2.37. The summed E-state index contributed by atoms with van der Waals surface area (Å²) in [6, 6.07) is 16.7. The van der Waals surface area contributed by atoms with E-state index in [1.165, 1.54) is 24.3 Å². The first kappa shape index (κ1) is 27.9. The maximum atomic E-state index is 12.8. The molecule has 38 heavy (non-hydrogen) atoms. The van der Waals surface area contributed by atoms with E-state index in [1.807, 2.05) is 24.3 Å². The molecule has 0 atom stereocenters. The first-order valence-corrected chi connectivity index (χ1v) is 14.7. The number of para-hydroxylation sites is 1. The second-order valence-corrected chi connectivity index (χ2v) is 12.2. The van der Waals surface area contributed by atoms with Crippen LogP contribution in [-0.2, 0) is 10.0 Å². The second kappa shape index (κ2) is 12.6. The summed E-state index contributed by atoms with van der Waals surface area (Å²) >= 11 is 6.36. The number of aliphatic hydroxyl groups is 1. The first-order valence-electron chi connectivity index (χ1n) is 12.0. The number of sulfonamides is 1. The average Bonchev–Trinajstić information content (AvgIpc) is 3.40. The standard InChI is InChI=1S/C25H28N4O6S3/c30-19-9-11-20(12-10-19)35-22-4-2-1-3-21(22)23-13-14-24(37-23)38(33,34)27-16-15-26-25(36)28-17-5-7-18(8-6-17)29(31)32/h1-8,13-14,19-20,27,30H,9-12,15-16H2,(H2,26,28,36). The Balaban J connectivity index is 1.29. The molecule has 13 heteroatoms. The van der Waals surface area contributed by atoms with E-state index in [0.717, 1.165) is 34.6 Å². The summed E-state index contributed by atoms with van der Waals surface area (Å²) in [5, 5.41) is 26.5. The van der Waals surface area contributed by atoms with Crippen molar-refractivity contribution in [3.63, 3.8) is 0 Å². The lowest BCUT2D eigenvalue weighted by molar-refractivity contribution is -0.384. The molecule has 0 bridgehead atoms. The minimum absolute atomic E-state index is 0.0258. The Labute approximate surface area is 230 Å². The lowest BCUT2D eigenvalue weighted by atomic mass is 9.95. The van der Waals surface area contributed by atoms with Crippen LogP contribution < -0.4 is 20.1 Å². The van der Waals surface area contributed by atoms with E-state index >= 15 is 0 Å². The Kier molecular flexibility index (Phi) is 9.28. The van der Waals surface area contributed by atoms with E-state index in [2.05, 4.69) is 15.4 Å². The third-order valence-electron chi connectivity index (χ3n) is 5.97. The van der Waals surface area contributed by atoms with Gasteiger partial charge in [-0.15, -0.1) is 11.3 Å². The molecule has 0 unspecified atom stereocenters. The Morgan fingerprint density at radius 2 is 1.76 bits per heavy atom. The Hall–Kier alpha value is -3.10. The van der Waals surface area contributed by atoms with Crippen molar-refractivity contribution in [1.29, 1.82) is 0 Å². The molecule has 0 spiro atoms. The van der Waals surface area contributed by atoms with E-state index in [-0.39, 0.29) is 40.3 Å². The Morgan fingerprint density at radius 1 is 1.05 bits per heavy atom. The smallest absolute Gasteiger partial charge is 0.269 e. The van der Waals surface area contributed by atoms with Crippen molar-refractivity contribution in [3.8, 4) is 16.2 Å². The van der Waals surface area contributed by atoms with Gasteiger partial charge in [-0.2, -0.15) is 0 Å². The fraction of sp³-hybridized carbons (Fsp3) is 0.320. The molecule has 0 radical (unpaired) electrons. The minimum atomic E-state index is -3.73. The largest absolute Gasteiger partial charge is 0.490 e. The average molecular weight is 577 g/mol. The number of rotatable bonds is 10. The van der Waals surface area contributed by atoms with Gasteiger partial charge in [-0.25, -0.2) is 13.1 Å². The summed E-state index contributed by atoms with van der Waals surface area (Å²) in [6.07, 6.45) is 2.76. The molecule has 0 aliphatic heterocycles. The van der Waals surface area contributed by atoms with E-state index in [4.69, 9.17) is 17.0 Å². The van der Waals surface area contributed by atoms with Crippen LogP contribution in [0.3, 0.4) is 0 Å². The van der Waals surface area contributed by atoms with Crippen molar-refractivity contribution in [2.45, 2.75) is 42.1 Å². The van der Waals surface area contributed by atoms with Gasteiger partial charge >= 0.3 is 0 Å². The maximum Gasteiger partial charge on any atom is 0.269 e. The summed E-state index contributed by atoms with van der Waals surface area (Å²) in [7, 11) is -3.73. The molecule has 1 aromatic heterocycles. The van der Waals surface area contributed by atoms with Crippen molar-refractivity contribution in [2.75, 3.05) is 18.4 Å². The SMILES string of the molecule is O=[N+]([O-])c1ccc(NC(=S)NCCNS(=O)(=O)c2ccc(-c3ccccc3OC3CCC(O)CC3)s2)cc1. The van der Waals surface area contributed by atoms with Gasteiger partial charge < -0.3 is 20.5 Å². The molecule has 1 aliphatic carbocycles. The highest BCUT2D eigenvalue weighted by molar-refractivity contribution is 7.91. The normalized spacial score (nSPS) is 17.5. The number of nitro benzene ring substituents is 1. The monoisotopic (exact) mass is 576 g/mol. The number of hydrogen-bond donors (Lipinski definition) is 4. The zero-order valence-electron chi connectivity index (χ0n) is 20.3. The maximum absolute atomic E-state index is 12.8. The van der Waals surface area contributed by atoms with Crippen LogP contribution in [0.4, 0.5) is 11.4 Å². The van der Waals surface area contributed by atoms with Crippen molar-refractivity contribution < 1.29 is 23.2 Å². The van der Waals surface area contributed by atoms with Crippen molar-refractivity contribution in [3.05, 3.63) is 70.8 Å². The lowest BCUT2D eigenvalue weighted by Crippen LogP contribution is -2.36. The molecular weight excluding hydrogens is 548 g/mol. The molecule has 0 amide bonds. The lowest BCUT2D eigenvalue weighted by Gasteiger charge is -2.27. The summed E-state index contributed by atoms with van der Waals surface area (Å²) in [6.45, 7) is 0.341. The van der Waals surface area contributed by atoms with Gasteiger partial charge in [0.05, 0.1) is 17.1 Å². The molecule has 1 aliphatic rings. The number of nitrogens with zero attached hydrogens (tertiary/aromatic N) is 1. The third kappa shape index (κ3) is 7.48. The molecule has 3 aromatic rings. The van der Waals surface area contributed by atoms with Crippen LogP contribution in [0.15, 0.2) is 64.9 Å². The molecular formula is C25H28N4O6S3. The van der Waals surface area contributed by atoms with Gasteiger partial charge in [0.2, 0.25) is 10.0 Å². The van der Waals surface area contributed by atoms with Crippen LogP contribution in [0, 0.1) is 10.1 Å². The molecule has 1 heterocycles. The van der Waals surface area contributed by atoms with E-state index in [1.54, 1.807) is 12.1 Å². The predicted octanol–water partition coefficient (Wildman–Crippen LogP) is 4.27. The van der Waals surface area contributed by atoms with Gasteiger partial charge in [-0.3, -0.25) is 10.1 Å². The number of thiophene rings is 1. The van der Waals surface area contributed by atoms with E-state index in [9.17, 15) is 23.6 Å². The highest BCUT2D eigenvalue weighted by atomic mass is 32.2. The molecule has 0 saturated heterocycles. The van der Waals surface area contributed by atoms with Crippen LogP contribution in [0.1, 0.15) is 25.7 Å². The van der Waals surface area contributed by atoms with E-state index in [0.29, 0.717) is 24.3 Å². The van der Waals surface area contributed by atoms with Gasteiger partial charge in [0.15, 0.2) is 5.11 Å². The van der Waals surface area contributed by atoms with Crippen LogP contribution >= 0.6 is 23.6 Å². The summed E-state index contributed by atoms with van der Waals surface area (Å²) < 4.78 is 34.7. The summed E-state index contributed by atoms with van der Waals surface area (Å²) in [5.41, 5.74) is 1.38. The molecule has 202 valence electrons. The number of aliphatic hydroxyl groups excluding tert-OH is 1. The molecule has 2 aromatic carbocycles. The van der Waals surface area contributed by atoms with Gasteiger partial charge in [0.1, 0.15) is 9.96 Å². The summed E-state index contributed by atoms with van der Waals surface area (Å²) in [4.78, 5) is 11.0. The minimum Gasteiger partial charge on any atom is -0.490 e. The van der Waals surface area contributed by atoms with Gasteiger partial charge in [-0.05, 0) is 74.3 Å². The predicted molar refractivity (Wildman–Crippen MR) is 151 cm³/mol. The molecule has 1 fully saturated rings. The van der Waals surface area contributed by atoms with Crippen molar-refractivity contribution in [2.24, 2.45) is 0 Å². The van der Waals surface area contributed by atoms with Crippen LogP contribution in [0.2, 0.25) is 0 Å². The van der Waals surface area contributed by atoms with Gasteiger partial charge in [0, 0.05) is 41.4 Å². The van der Waals surface area contributed by atoms with Gasteiger partial charge in [0.25, 0.3) is 5.69 Å². The molecule has 1 saturated carbocycles. The first-order chi connectivity index (χ1) is 18.2. The van der Waals surface area contributed by atoms with E-state index < -0.39 is 14.9 Å². The fourth-order valence-electron chi connectivity index (χ4n) is 4.00. The van der Waals surface area contributed by atoms with Gasteiger partial charge in [-0.1, -0.05) is 12.1 Å². The second-order valence-electron chi connectivity index (χ2n) is 8.75. The Bertz CT molecular complexity index is 1370. The number of non-ortho nitro benzene ring substituents is 1. The number of nitro groups is 1. The highest BCUT2D eigenvalue weighted by Gasteiger charge is 2.23. The molecule has 4 N–H and O–H groups in total. The zero-order chi connectivity index (χ0) is 27.1. The van der Waals surface area contributed by atoms with Crippen LogP contribution in [0.25, 0.3) is 10.4 Å². The molecule has 4 rings (SSSR count). The third-order valence-corrected chi connectivity index (χ3v) is 9.29. The quantitative estimate of drug-likeness (QED) is 0.120. The fourth-order valence-corrected chi connectivity index (χ4v) is 6.63. The Morgan fingerprint density at radius 3 is 2.47 bits per heavy atom. The number of thiocarbonyl (C=S) groups is 1. The topological polar surface area (TPSA) is 143 Å².